The molecule has 87 heavy (non-hydrogen) atoms. The van der Waals surface area contributed by atoms with Gasteiger partial charge in [0.15, 0.2) is 0 Å². The van der Waals surface area contributed by atoms with Gasteiger partial charge in [0.05, 0.1) is 16.1 Å². The highest BCUT2D eigenvalue weighted by molar-refractivity contribution is 6.89. The highest BCUT2D eigenvalue weighted by Gasteiger charge is 2.64. The Hall–Kier alpha value is -5.95. The van der Waals surface area contributed by atoms with Gasteiger partial charge in [-0.05, 0) is 241 Å². The maximum Gasteiger partial charge on any atom is 0.0776 e. The smallest absolute Gasteiger partial charge is 0.0776 e. The lowest BCUT2D eigenvalue weighted by Crippen LogP contribution is -2.55. The predicted molar refractivity (Wildman–Crippen MR) is 382 cm³/mol. The van der Waals surface area contributed by atoms with Crippen molar-refractivity contribution in [2.75, 3.05) is 9.80 Å². The lowest BCUT2D eigenvalue weighted by molar-refractivity contribution is -0.0391. The summed E-state index contributed by atoms with van der Waals surface area (Å²) in [6, 6.07) is 60.5. The topological polar surface area (TPSA) is 6.48 Å². The van der Waals surface area contributed by atoms with Crippen LogP contribution in [0.25, 0.3) is 33.0 Å². The molecule has 450 valence electrons. The molecule has 2 nitrogen and oxygen atoms in total. The molecule has 15 rings (SSSR count). The van der Waals surface area contributed by atoms with E-state index < -0.39 is 16.1 Å². The molecule has 0 aliphatic heterocycles. The summed E-state index contributed by atoms with van der Waals surface area (Å²) in [7, 11) is -3.33. The predicted octanol–water partition coefficient (Wildman–Crippen LogP) is 22.6. The first kappa shape index (κ1) is 58.7. The van der Waals surface area contributed by atoms with Crippen LogP contribution in [0.15, 0.2) is 146 Å². The molecule has 0 atom stereocenters. The first-order valence-electron chi connectivity index (χ1n) is 33.9. The molecule has 8 aromatic carbocycles. The van der Waals surface area contributed by atoms with E-state index in [1.807, 2.05) is 0 Å². The Labute approximate surface area is 526 Å². The van der Waals surface area contributed by atoms with Gasteiger partial charge in [0.2, 0.25) is 0 Å². The average molecular weight is 1180 g/mol. The molecule has 2 spiro atoms. The van der Waals surface area contributed by atoms with Crippen molar-refractivity contribution in [2.24, 2.45) is 23.7 Å². The molecule has 5 fully saturated rings. The van der Waals surface area contributed by atoms with Gasteiger partial charge in [-0.1, -0.05) is 218 Å². The summed E-state index contributed by atoms with van der Waals surface area (Å²) in [5.74, 6) is 2.90. The molecule has 8 aromatic rings. The Morgan fingerprint density at radius 1 is 0.379 bits per heavy atom. The maximum atomic E-state index is 2.73. The molecule has 0 heterocycles. The van der Waals surface area contributed by atoms with E-state index in [1.165, 1.54) is 152 Å². The van der Waals surface area contributed by atoms with Gasteiger partial charge in [-0.3, -0.25) is 0 Å². The highest BCUT2D eigenvalue weighted by atomic mass is 28.3. The van der Waals surface area contributed by atoms with E-state index >= 15 is 0 Å². The molecule has 0 N–H and O–H groups in total. The van der Waals surface area contributed by atoms with Crippen molar-refractivity contribution in [1.29, 1.82) is 0 Å². The summed E-state index contributed by atoms with van der Waals surface area (Å²) in [4.78, 5) is 5.32. The van der Waals surface area contributed by atoms with Crippen molar-refractivity contribution in [1.82, 2.24) is 0 Å². The van der Waals surface area contributed by atoms with Crippen LogP contribution in [0.3, 0.4) is 0 Å². The van der Waals surface area contributed by atoms with E-state index in [9.17, 15) is 0 Å². The van der Waals surface area contributed by atoms with E-state index in [0.717, 1.165) is 11.8 Å². The number of fused-ring (bicyclic) bond motifs is 11. The number of hydrogen-bond donors (Lipinski definition) is 0. The van der Waals surface area contributed by atoms with Crippen molar-refractivity contribution in [3.8, 4) is 22.3 Å². The molecule has 7 aliphatic rings. The van der Waals surface area contributed by atoms with Crippen LogP contribution in [-0.2, 0) is 32.5 Å². The quantitative estimate of drug-likeness (QED) is 0.140. The molecule has 0 unspecified atom stereocenters. The Kier molecular flexibility index (Phi) is 13.3. The lowest BCUT2D eigenvalue weighted by Gasteiger charge is -2.61. The Morgan fingerprint density at radius 2 is 0.793 bits per heavy atom. The summed E-state index contributed by atoms with van der Waals surface area (Å²) < 4.78 is 0. The van der Waals surface area contributed by atoms with Gasteiger partial charge in [-0.2, -0.15) is 0 Å². The van der Waals surface area contributed by atoms with Crippen molar-refractivity contribution in [3.63, 3.8) is 0 Å². The summed E-state index contributed by atoms with van der Waals surface area (Å²) in [5, 5.41) is 5.85. The number of benzene rings is 8. The largest absolute Gasteiger partial charge is 0.310 e. The van der Waals surface area contributed by atoms with Gasteiger partial charge in [0.25, 0.3) is 0 Å². The first-order chi connectivity index (χ1) is 40.8. The minimum Gasteiger partial charge on any atom is -0.310 e. The van der Waals surface area contributed by atoms with E-state index in [1.54, 1.807) is 27.8 Å². The van der Waals surface area contributed by atoms with E-state index in [4.69, 9.17) is 0 Å². The molecule has 4 bridgehead atoms. The summed E-state index contributed by atoms with van der Waals surface area (Å²) in [5.41, 5.74) is 25.8. The minimum absolute atomic E-state index is 0.0129. The van der Waals surface area contributed by atoms with Crippen LogP contribution in [0.1, 0.15) is 185 Å². The number of nitrogens with zero attached hydrogens (tertiary/aromatic N) is 2. The van der Waals surface area contributed by atoms with Crippen molar-refractivity contribution in [3.05, 3.63) is 190 Å². The van der Waals surface area contributed by atoms with Gasteiger partial charge in [0.1, 0.15) is 0 Å². The van der Waals surface area contributed by atoms with E-state index in [2.05, 4.69) is 278 Å². The molecule has 0 saturated heterocycles. The Bertz CT molecular complexity index is 3990. The van der Waals surface area contributed by atoms with E-state index in [-0.39, 0.29) is 32.5 Å². The van der Waals surface area contributed by atoms with Gasteiger partial charge >= 0.3 is 0 Å². The average Bonchev–Trinajstić information content (AvgIpc) is 1.52. The SMILES string of the molecule is CC(C)(C)c1cc(N(c2cccc([Si](C)(C)C)c2)c2ccc3c(c2)C2(CCCC2)c2ccc4c(c2-3)C2(c3c-4ccc4ccc(N(c5cc(C(C)(C)C)cc(C(C)(C)C)c5)c5cccc([Si](C)(C)C)c5)cc34)C3CC4CC(C3)CC2C4)cc(C(C)(C)C)c1. The Balaban J connectivity index is 1.01. The fourth-order valence-corrected chi connectivity index (χ4v) is 20.6. The third-order valence-electron chi connectivity index (χ3n) is 22.8. The minimum atomic E-state index is -1.67. The maximum absolute atomic E-state index is 2.73. The van der Waals surface area contributed by atoms with Crippen LogP contribution in [0.5, 0.6) is 0 Å². The van der Waals surface area contributed by atoms with Crippen molar-refractivity contribution < 1.29 is 0 Å². The zero-order valence-corrected chi connectivity index (χ0v) is 58.4. The molecule has 0 amide bonds. The van der Waals surface area contributed by atoms with Crippen LogP contribution in [0.2, 0.25) is 39.3 Å². The Morgan fingerprint density at radius 3 is 1.26 bits per heavy atom. The second kappa shape index (κ2) is 19.8. The molecule has 5 saturated carbocycles. The fourth-order valence-electron chi connectivity index (χ4n) is 18.2. The van der Waals surface area contributed by atoms with Gasteiger partial charge in [-0.15, -0.1) is 0 Å². The number of anilines is 6. The van der Waals surface area contributed by atoms with Gasteiger partial charge in [0, 0.05) is 45.0 Å². The third kappa shape index (κ3) is 9.46. The molecular formula is C83H100N2Si2. The normalized spacial score (nSPS) is 21.9. The molecule has 7 aliphatic carbocycles. The standard InChI is InChI=1S/C83H100N2Si2/c1-78(2,3)55-42-56(79(4,5)6)45-65(44-55)84(61-23-21-25-67(48-61)86(13,14)15)63-29-27-54-28-31-69-70-33-34-73-75(77(70)83(76(69)72(54)50-63)59-38-52-37-53(40-59)41-60(83)39-52)71-32-30-64(51-74(71)82(73)35-19-20-36-82)85(62-24-22-26-68(49-62)87(16,17)18)66-46-57(80(7,8)9)43-58(47-66)81(10,11)12/h21-34,42-53,59-60H,19-20,35-41H2,1-18H3. The zero-order chi connectivity index (χ0) is 61.5. The van der Waals surface area contributed by atoms with Crippen LogP contribution >= 0.6 is 0 Å². The summed E-state index contributed by atoms with van der Waals surface area (Å²) in [6.45, 7) is 43.6. The zero-order valence-electron chi connectivity index (χ0n) is 56.4. The van der Waals surface area contributed by atoms with Gasteiger partial charge < -0.3 is 9.80 Å². The number of hydrogen-bond acceptors (Lipinski definition) is 2. The second-order valence-electron chi connectivity index (χ2n) is 34.8. The molecule has 0 aromatic heterocycles. The summed E-state index contributed by atoms with van der Waals surface area (Å²) in [6.07, 6.45) is 11.8. The molecule has 4 heteroatoms. The van der Waals surface area contributed by atoms with E-state index in [0.29, 0.717) is 11.8 Å². The fraction of sp³-hybridized carbons (Fsp3) is 0.446. The van der Waals surface area contributed by atoms with Crippen LogP contribution in [0.4, 0.5) is 34.1 Å². The number of rotatable bonds is 8. The van der Waals surface area contributed by atoms with Crippen molar-refractivity contribution in [2.45, 2.75) is 213 Å². The van der Waals surface area contributed by atoms with Gasteiger partial charge in [-0.25, -0.2) is 0 Å². The highest BCUT2D eigenvalue weighted by Crippen LogP contribution is 2.73. The monoisotopic (exact) mass is 1180 g/mol. The van der Waals surface area contributed by atoms with Crippen molar-refractivity contribution >= 4 is 71.4 Å². The molecule has 0 radical (unpaired) electrons. The van der Waals surface area contributed by atoms with Crippen LogP contribution in [0, 0.1) is 23.7 Å². The third-order valence-corrected chi connectivity index (χ3v) is 26.9. The lowest BCUT2D eigenvalue weighted by atomic mass is 9.42. The summed E-state index contributed by atoms with van der Waals surface area (Å²) >= 11 is 0. The van der Waals surface area contributed by atoms with Crippen LogP contribution < -0.4 is 20.2 Å². The first-order valence-corrected chi connectivity index (χ1v) is 40.9. The second-order valence-corrected chi connectivity index (χ2v) is 45.0. The molecular weight excluding hydrogens is 1080 g/mol. The van der Waals surface area contributed by atoms with Crippen LogP contribution in [-0.4, -0.2) is 16.1 Å².